The normalized spacial score (nSPS) is 22.9. The zero-order valence-corrected chi connectivity index (χ0v) is 11.5. The van der Waals surface area contributed by atoms with Crippen molar-refractivity contribution in [2.45, 2.75) is 56.9 Å². The molecule has 0 heterocycles. The molecule has 0 bridgehead atoms. The third kappa shape index (κ3) is 2.61. The molecule has 0 aromatic heterocycles. The van der Waals surface area contributed by atoms with Gasteiger partial charge in [-0.2, -0.15) is 0 Å². The van der Waals surface area contributed by atoms with Crippen LogP contribution in [-0.2, 0) is 0 Å². The molecule has 0 amide bonds. The molecule has 2 aliphatic carbocycles. The molecule has 1 nitrogen and oxygen atoms in total. The lowest BCUT2D eigenvalue weighted by Crippen LogP contribution is -2.18. The zero-order valence-electron chi connectivity index (χ0n) is 11.5. The number of nitrogens with one attached hydrogen (secondary N) is 1. The van der Waals surface area contributed by atoms with Crippen molar-refractivity contribution in [3.8, 4) is 0 Å². The maximum Gasteiger partial charge on any atom is 0.0346 e. The van der Waals surface area contributed by atoms with Crippen LogP contribution >= 0.6 is 0 Å². The highest BCUT2D eigenvalue weighted by molar-refractivity contribution is 5.28. The second kappa shape index (κ2) is 5.44. The molecule has 2 fully saturated rings. The van der Waals surface area contributed by atoms with Crippen LogP contribution in [-0.4, -0.2) is 7.05 Å². The number of hydrogen-bond acceptors (Lipinski definition) is 1. The van der Waals surface area contributed by atoms with E-state index in [9.17, 15) is 0 Å². The Morgan fingerprint density at radius 1 is 0.944 bits per heavy atom. The van der Waals surface area contributed by atoms with Crippen molar-refractivity contribution in [3.05, 3.63) is 35.4 Å². The fraction of sp³-hybridized carbons (Fsp3) is 0.647. The van der Waals surface area contributed by atoms with Gasteiger partial charge in [0.15, 0.2) is 0 Å². The third-order valence-electron chi connectivity index (χ3n) is 4.78. The van der Waals surface area contributed by atoms with Crippen molar-refractivity contribution >= 4 is 0 Å². The summed E-state index contributed by atoms with van der Waals surface area (Å²) in [5.41, 5.74) is 3.06. The van der Waals surface area contributed by atoms with E-state index in [0.29, 0.717) is 6.04 Å². The lowest BCUT2D eigenvalue weighted by molar-refractivity contribution is 0.443. The van der Waals surface area contributed by atoms with Gasteiger partial charge in [-0.15, -0.1) is 0 Å². The van der Waals surface area contributed by atoms with Gasteiger partial charge >= 0.3 is 0 Å². The van der Waals surface area contributed by atoms with E-state index in [1.165, 1.54) is 50.5 Å². The van der Waals surface area contributed by atoms with Gasteiger partial charge in [-0.05, 0) is 55.7 Å². The van der Waals surface area contributed by atoms with Crippen LogP contribution in [0.5, 0.6) is 0 Å². The van der Waals surface area contributed by atoms with E-state index in [2.05, 4.69) is 36.6 Å². The number of hydrogen-bond donors (Lipinski definition) is 1. The van der Waals surface area contributed by atoms with Gasteiger partial charge in [-0.3, -0.25) is 0 Å². The van der Waals surface area contributed by atoms with Crippen molar-refractivity contribution in [2.75, 3.05) is 7.05 Å². The molecular weight excluding hydrogens is 218 g/mol. The Labute approximate surface area is 111 Å². The molecule has 1 atom stereocenters. The lowest BCUT2D eigenvalue weighted by atomic mass is 9.83. The second-order valence-electron chi connectivity index (χ2n) is 6.11. The third-order valence-corrected chi connectivity index (χ3v) is 4.78. The molecule has 0 saturated heterocycles. The van der Waals surface area contributed by atoms with Crippen LogP contribution in [0, 0.1) is 5.92 Å². The summed E-state index contributed by atoms with van der Waals surface area (Å²) in [6, 6.07) is 10.1. The van der Waals surface area contributed by atoms with Crippen molar-refractivity contribution in [1.82, 2.24) is 5.32 Å². The number of benzene rings is 1. The first kappa shape index (κ1) is 12.2. The molecule has 1 aromatic rings. The first-order valence-electron chi connectivity index (χ1n) is 7.65. The van der Waals surface area contributed by atoms with Gasteiger partial charge in [-0.25, -0.2) is 0 Å². The summed E-state index contributed by atoms with van der Waals surface area (Å²) in [6.45, 7) is 0. The van der Waals surface area contributed by atoms with Crippen LogP contribution in [0.3, 0.4) is 0 Å². The quantitative estimate of drug-likeness (QED) is 0.826. The van der Waals surface area contributed by atoms with Gasteiger partial charge in [0, 0.05) is 6.04 Å². The summed E-state index contributed by atoms with van der Waals surface area (Å²) >= 11 is 0. The van der Waals surface area contributed by atoms with Crippen molar-refractivity contribution < 1.29 is 0 Å². The van der Waals surface area contributed by atoms with Crippen molar-refractivity contribution in [1.29, 1.82) is 0 Å². The predicted octanol–water partition coefficient (Wildman–Crippen LogP) is 4.40. The van der Waals surface area contributed by atoms with Crippen LogP contribution in [0.15, 0.2) is 24.3 Å². The zero-order chi connectivity index (χ0) is 12.4. The van der Waals surface area contributed by atoms with Crippen LogP contribution in [0.4, 0.5) is 0 Å². The minimum absolute atomic E-state index is 0.588. The Bertz CT molecular complexity index is 371. The Morgan fingerprint density at radius 3 is 2.17 bits per heavy atom. The second-order valence-corrected chi connectivity index (χ2v) is 6.11. The molecule has 3 rings (SSSR count). The number of rotatable bonds is 4. The molecule has 18 heavy (non-hydrogen) atoms. The molecule has 1 N–H and O–H groups in total. The molecule has 2 aliphatic rings. The first-order valence-corrected chi connectivity index (χ1v) is 7.65. The standard InChI is InChI=1S/C17H25N/c1-18-17(16-11-12-16)15-9-7-14(8-10-15)13-5-3-2-4-6-13/h7-10,13,16-18H,2-6,11-12H2,1H3. The first-order chi connectivity index (χ1) is 8.88. The van der Waals surface area contributed by atoms with Crippen LogP contribution in [0.25, 0.3) is 0 Å². The van der Waals surface area contributed by atoms with Gasteiger partial charge in [0.25, 0.3) is 0 Å². The summed E-state index contributed by atoms with van der Waals surface area (Å²) < 4.78 is 0. The van der Waals surface area contributed by atoms with Crippen LogP contribution in [0.2, 0.25) is 0 Å². The highest BCUT2D eigenvalue weighted by Gasteiger charge is 2.31. The van der Waals surface area contributed by atoms with Gasteiger partial charge in [0.1, 0.15) is 0 Å². The fourth-order valence-corrected chi connectivity index (χ4v) is 3.52. The van der Waals surface area contributed by atoms with Gasteiger partial charge < -0.3 is 5.32 Å². The van der Waals surface area contributed by atoms with E-state index in [4.69, 9.17) is 0 Å². The molecule has 0 radical (unpaired) electrons. The van der Waals surface area contributed by atoms with E-state index in [0.717, 1.165) is 11.8 Å². The van der Waals surface area contributed by atoms with Crippen molar-refractivity contribution in [3.63, 3.8) is 0 Å². The fourth-order valence-electron chi connectivity index (χ4n) is 3.52. The Kier molecular flexibility index (Phi) is 3.69. The average molecular weight is 243 g/mol. The SMILES string of the molecule is CNC(c1ccc(C2CCCCC2)cc1)C1CC1. The van der Waals surface area contributed by atoms with E-state index < -0.39 is 0 Å². The summed E-state index contributed by atoms with van der Waals surface area (Å²) in [7, 11) is 2.10. The molecule has 0 aliphatic heterocycles. The van der Waals surface area contributed by atoms with E-state index in [-0.39, 0.29) is 0 Å². The Morgan fingerprint density at radius 2 is 1.61 bits per heavy atom. The minimum Gasteiger partial charge on any atom is -0.313 e. The minimum atomic E-state index is 0.588. The predicted molar refractivity (Wildman–Crippen MR) is 76.8 cm³/mol. The maximum atomic E-state index is 3.48. The van der Waals surface area contributed by atoms with Crippen LogP contribution < -0.4 is 5.32 Å². The molecule has 1 heteroatoms. The Hall–Kier alpha value is -0.820. The largest absolute Gasteiger partial charge is 0.313 e. The van der Waals surface area contributed by atoms with Crippen LogP contribution in [0.1, 0.15) is 68.0 Å². The van der Waals surface area contributed by atoms with Crippen molar-refractivity contribution in [2.24, 2.45) is 5.92 Å². The summed E-state index contributed by atoms with van der Waals surface area (Å²) in [5.74, 6) is 1.72. The van der Waals surface area contributed by atoms with E-state index in [1.807, 2.05) is 0 Å². The topological polar surface area (TPSA) is 12.0 Å². The van der Waals surface area contributed by atoms with E-state index in [1.54, 1.807) is 5.56 Å². The van der Waals surface area contributed by atoms with Gasteiger partial charge in [-0.1, -0.05) is 43.5 Å². The molecular formula is C17H25N. The highest BCUT2D eigenvalue weighted by atomic mass is 14.9. The summed E-state index contributed by atoms with van der Waals surface area (Å²) in [6.07, 6.45) is 9.89. The monoisotopic (exact) mass is 243 g/mol. The van der Waals surface area contributed by atoms with E-state index >= 15 is 0 Å². The average Bonchev–Trinajstić information content (AvgIpc) is 3.26. The highest BCUT2D eigenvalue weighted by Crippen LogP contribution is 2.41. The molecule has 98 valence electrons. The summed E-state index contributed by atoms with van der Waals surface area (Å²) in [4.78, 5) is 0. The smallest absolute Gasteiger partial charge is 0.0346 e. The van der Waals surface area contributed by atoms with Gasteiger partial charge in [0.05, 0.1) is 0 Å². The van der Waals surface area contributed by atoms with Gasteiger partial charge in [0.2, 0.25) is 0 Å². The molecule has 1 unspecified atom stereocenters. The maximum absolute atomic E-state index is 3.48. The lowest BCUT2D eigenvalue weighted by Gasteiger charge is -2.23. The Balaban J connectivity index is 1.71. The molecule has 0 spiro atoms. The molecule has 1 aromatic carbocycles. The summed E-state index contributed by atoms with van der Waals surface area (Å²) in [5, 5.41) is 3.48. The molecule has 2 saturated carbocycles.